The van der Waals surface area contributed by atoms with E-state index < -0.39 is 0 Å². The molecule has 0 aromatic heterocycles. The van der Waals surface area contributed by atoms with Crippen LogP contribution in [0.4, 0.5) is 11.4 Å². The Hall–Kier alpha value is -2.49. The molecule has 4 heteroatoms. The molecular formula is C16H18N2O2. The molecule has 0 unspecified atom stereocenters. The highest BCUT2D eigenvalue weighted by Crippen LogP contribution is 2.27. The zero-order valence-corrected chi connectivity index (χ0v) is 11.8. The average Bonchev–Trinajstić information content (AvgIpc) is 2.43. The van der Waals surface area contributed by atoms with E-state index in [-0.39, 0.29) is 5.75 Å². The van der Waals surface area contributed by atoms with Crippen molar-refractivity contribution >= 4 is 17.6 Å². The lowest BCUT2D eigenvalue weighted by Crippen LogP contribution is -1.91. The number of hydrogen-bond donors (Lipinski definition) is 2. The molecule has 0 amide bonds. The van der Waals surface area contributed by atoms with Crippen LogP contribution in [0.2, 0.25) is 0 Å². The Morgan fingerprint density at radius 2 is 1.85 bits per heavy atom. The van der Waals surface area contributed by atoms with Crippen molar-refractivity contribution in [2.45, 2.75) is 13.8 Å². The normalized spacial score (nSPS) is 10.9. The van der Waals surface area contributed by atoms with Crippen molar-refractivity contribution < 1.29 is 9.84 Å². The maximum Gasteiger partial charge on any atom is 0.124 e. The summed E-state index contributed by atoms with van der Waals surface area (Å²) in [5.74, 6) is 0.814. The van der Waals surface area contributed by atoms with Crippen molar-refractivity contribution in [2.24, 2.45) is 4.99 Å². The Kier molecular flexibility index (Phi) is 3.94. The second-order valence-electron chi connectivity index (χ2n) is 4.68. The van der Waals surface area contributed by atoms with E-state index in [1.54, 1.807) is 31.5 Å². The summed E-state index contributed by atoms with van der Waals surface area (Å²) < 4.78 is 5.12. The number of phenolic OH excluding ortho intramolecular Hbond substituents is 1. The van der Waals surface area contributed by atoms with Gasteiger partial charge in [-0.2, -0.15) is 0 Å². The number of hydrogen-bond acceptors (Lipinski definition) is 4. The number of rotatable bonds is 3. The molecule has 0 bridgehead atoms. The van der Waals surface area contributed by atoms with Gasteiger partial charge in [0.25, 0.3) is 0 Å². The summed E-state index contributed by atoms with van der Waals surface area (Å²) in [5.41, 5.74) is 10.1. The molecule has 2 aromatic carbocycles. The van der Waals surface area contributed by atoms with Crippen LogP contribution in [-0.2, 0) is 0 Å². The van der Waals surface area contributed by atoms with Crippen LogP contribution < -0.4 is 10.5 Å². The zero-order chi connectivity index (χ0) is 14.7. The minimum Gasteiger partial charge on any atom is -0.507 e. The summed E-state index contributed by atoms with van der Waals surface area (Å²) in [6.45, 7) is 4.02. The molecule has 4 nitrogen and oxygen atoms in total. The van der Waals surface area contributed by atoms with E-state index in [1.807, 2.05) is 26.0 Å². The highest BCUT2D eigenvalue weighted by atomic mass is 16.5. The number of aryl methyl sites for hydroxylation is 2. The monoisotopic (exact) mass is 270 g/mol. The number of ether oxygens (including phenoxy) is 1. The Labute approximate surface area is 118 Å². The summed E-state index contributed by atoms with van der Waals surface area (Å²) in [7, 11) is 1.58. The smallest absolute Gasteiger partial charge is 0.124 e. The van der Waals surface area contributed by atoms with E-state index in [1.165, 1.54) is 0 Å². The van der Waals surface area contributed by atoms with Crippen molar-refractivity contribution in [3.63, 3.8) is 0 Å². The average molecular weight is 270 g/mol. The van der Waals surface area contributed by atoms with Crippen LogP contribution in [0, 0.1) is 13.8 Å². The van der Waals surface area contributed by atoms with Gasteiger partial charge in [-0.3, -0.25) is 4.99 Å². The number of benzene rings is 2. The van der Waals surface area contributed by atoms with Gasteiger partial charge in [0.1, 0.15) is 11.5 Å². The van der Waals surface area contributed by atoms with Crippen LogP contribution in [0.1, 0.15) is 16.7 Å². The third-order valence-electron chi connectivity index (χ3n) is 3.22. The summed E-state index contributed by atoms with van der Waals surface area (Å²) >= 11 is 0. The van der Waals surface area contributed by atoms with Gasteiger partial charge in [0.15, 0.2) is 0 Å². The van der Waals surface area contributed by atoms with Crippen LogP contribution in [0.15, 0.2) is 35.3 Å². The van der Waals surface area contributed by atoms with E-state index in [0.717, 1.165) is 11.1 Å². The molecular weight excluding hydrogens is 252 g/mol. The van der Waals surface area contributed by atoms with Crippen LogP contribution in [0.5, 0.6) is 11.5 Å². The first-order chi connectivity index (χ1) is 9.51. The van der Waals surface area contributed by atoms with Gasteiger partial charge < -0.3 is 15.6 Å². The fraction of sp³-hybridized carbons (Fsp3) is 0.188. The van der Waals surface area contributed by atoms with Gasteiger partial charge in [-0.05, 0) is 55.3 Å². The lowest BCUT2D eigenvalue weighted by Gasteiger charge is -2.06. The molecule has 0 fully saturated rings. The third-order valence-corrected chi connectivity index (χ3v) is 3.22. The summed E-state index contributed by atoms with van der Waals surface area (Å²) in [6, 6.07) is 8.81. The fourth-order valence-electron chi connectivity index (χ4n) is 1.84. The minimum absolute atomic E-state index is 0.150. The first-order valence-corrected chi connectivity index (χ1v) is 6.29. The summed E-state index contributed by atoms with van der Waals surface area (Å²) in [4.78, 5) is 4.35. The fourth-order valence-corrected chi connectivity index (χ4v) is 1.84. The lowest BCUT2D eigenvalue weighted by molar-refractivity contribution is 0.412. The Morgan fingerprint density at radius 1 is 1.15 bits per heavy atom. The molecule has 0 aliphatic rings. The molecule has 2 aromatic rings. The van der Waals surface area contributed by atoms with Crippen LogP contribution in [0.25, 0.3) is 0 Å². The van der Waals surface area contributed by atoms with Crippen LogP contribution in [-0.4, -0.2) is 18.4 Å². The van der Waals surface area contributed by atoms with Crippen molar-refractivity contribution in [2.75, 3.05) is 12.8 Å². The summed E-state index contributed by atoms with van der Waals surface area (Å²) in [5, 5.41) is 9.80. The number of nitrogen functional groups attached to an aromatic ring is 1. The molecule has 0 saturated carbocycles. The van der Waals surface area contributed by atoms with Gasteiger partial charge in [-0.25, -0.2) is 0 Å². The predicted octanol–water partition coefficient (Wildman–Crippen LogP) is 3.35. The van der Waals surface area contributed by atoms with Gasteiger partial charge in [0.2, 0.25) is 0 Å². The number of nitrogens with zero attached hydrogens (tertiary/aromatic N) is 1. The standard InChI is InChI=1S/C16H18N2O2/c1-10-6-14(17)15(7-11(10)2)18-9-12-8-13(20-3)4-5-16(12)19/h4-9,19H,17H2,1-3H3. The van der Waals surface area contributed by atoms with E-state index >= 15 is 0 Å². The summed E-state index contributed by atoms with van der Waals surface area (Å²) in [6.07, 6.45) is 1.58. The number of anilines is 1. The van der Waals surface area contributed by atoms with Crippen molar-refractivity contribution in [3.8, 4) is 11.5 Å². The number of nitrogens with two attached hydrogens (primary N) is 1. The Bertz CT molecular complexity index is 664. The molecule has 0 saturated heterocycles. The minimum atomic E-state index is 0.150. The maximum absolute atomic E-state index is 9.80. The van der Waals surface area contributed by atoms with Crippen molar-refractivity contribution in [1.29, 1.82) is 0 Å². The van der Waals surface area contributed by atoms with Crippen molar-refractivity contribution in [3.05, 3.63) is 47.0 Å². The second-order valence-corrected chi connectivity index (χ2v) is 4.68. The largest absolute Gasteiger partial charge is 0.507 e. The molecule has 0 heterocycles. The number of phenols is 1. The highest BCUT2D eigenvalue weighted by Gasteiger charge is 2.03. The quantitative estimate of drug-likeness (QED) is 0.664. The van der Waals surface area contributed by atoms with E-state index in [2.05, 4.69) is 4.99 Å². The molecule has 104 valence electrons. The van der Waals surface area contributed by atoms with Crippen molar-refractivity contribution in [1.82, 2.24) is 0 Å². The SMILES string of the molecule is COc1ccc(O)c(C=Nc2cc(C)c(C)cc2N)c1. The second kappa shape index (κ2) is 5.65. The van der Waals surface area contributed by atoms with E-state index in [9.17, 15) is 5.11 Å². The first kappa shape index (κ1) is 13.9. The zero-order valence-electron chi connectivity index (χ0n) is 11.8. The van der Waals surface area contributed by atoms with Gasteiger partial charge in [-0.1, -0.05) is 0 Å². The van der Waals surface area contributed by atoms with Crippen LogP contribution >= 0.6 is 0 Å². The van der Waals surface area contributed by atoms with Gasteiger partial charge >= 0.3 is 0 Å². The van der Waals surface area contributed by atoms with Gasteiger partial charge in [0.05, 0.1) is 18.5 Å². The molecule has 0 radical (unpaired) electrons. The van der Waals surface area contributed by atoms with E-state index in [0.29, 0.717) is 22.7 Å². The van der Waals surface area contributed by atoms with Gasteiger partial charge in [-0.15, -0.1) is 0 Å². The Balaban J connectivity index is 2.36. The first-order valence-electron chi connectivity index (χ1n) is 6.29. The van der Waals surface area contributed by atoms with Crippen LogP contribution in [0.3, 0.4) is 0 Å². The number of methoxy groups -OCH3 is 1. The Morgan fingerprint density at radius 3 is 2.55 bits per heavy atom. The molecule has 2 rings (SSSR count). The maximum atomic E-state index is 9.80. The number of aliphatic imine (C=N–C) groups is 1. The molecule has 0 spiro atoms. The third kappa shape index (κ3) is 2.91. The predicted molar refractivity (Wildman–Crippen MR) is 82.2 cm³/mol. The topological polar surface area (TPSA) is 67.8 Å². The molecule has 0 aliphatic carbocycles. The van der Waals surface area contributed by atoms with Gasteiger partial charge in [0, 0.05) is 11.8 Å². The molecule has 20 heavy (non-hydrogen) atoms. The highest BCUT2D eigenvalue weighted by molar-refractivity contribution is 5.87. The molecule has 0 aliphatic heterocycles. The molecule has 3 N–H and O–H groups in total. The number of aromatic hydroxyl groups is 1. The van der Waals surface area contributed by atoms with E-state index in [4.69, 9.17) is 10.5 Å². The molecule has 0 atom stereocenters. The lowest BCUT2D eigenvalue weighted by atomic mass is 10.1.